The van der Waals surface area contributed by atoms with E-state index in [0.29, 0.717) is 0 Å². The second-order valence-corrected chi connectivity index (χ2v) is 6.77. The first-order valence-electron chi connectivity index (χ1n) is 7.50. The van der Waals surface area contributed by atoms with Crippen molar-refractivity contribution in [3.63, 3.8) is 0 Å². The fourth-order valence-electron chi connectivity index (χ4n) is 2.61. The number of rotatable bonds is 5. The second-order valence-electron chi connectivity index (χ2n) is 5.69. The number of nitrogens with zero attached hydrogens (tertiary/aromatic N) is 1. The molecule has 22 heavy (non-hydrogen) atoms. The van der Waals surface area contributed by atoms with E-state index in [2.05, 4.69) is 24.3 Å². The Morgan fingerprint density at radius 3 is 2.64 bits per heavy atom. The smallest absolute Gasteiger partial charge is 0.197 e. The Bertz CT molecular complexity index is 854. The molecule has 3 nitrogen and oxygen atoms in total. The lowest BCUT2D eigenvalue weighted by Crippen LogP contribution is -2.16. The monoisotopic (exact) mass is 312 g/mol. The third-order valence-electron chi connectivity index (χ3n) is 3.70. The fraction of sp³-hybridized carbons (Fsp3) is 0.278. The molecule has 0 bridgehead atoms. The first-order chi connectivity index (χ1) is 10.7. The van der Waals surface area contributed by atoms with Crippen LogP contribution in [0, 0.1) is 0 Å². The van der Waals surface area contributed by atoms with Crippen molar-refractivity contribution in [2.75, 3.05) is 32.5 Å². The van der Waals surface area contributed by atoms with E-state index >= 15 is 0 Å². The van der Waals surface area contributed by atoms with E-state index in [0.717, 1.165) is 45.4 Å². The Morgan fingerprint density at radius 2 is 1.82 bits per heavy atom. The molecular weight excluding hydrogens is 292 g/mol. The number of nitrogens with one attached hydrogen (secondary N) is 1. The lowest BCUT2D eigenvalue weighted by atomic mass is 10.1. The lowest BCUT2D eigenvalue weighted by Gasteiger charge is -2.12. The van der Waals surface area contributed by atoms with Crippen molar-refractivity contribution in [2.45, 2.75) is 6.42 Å². The van der Waals surface area contributed by atoms with Crippen molar-refractivity contribution in [1.29, 1.82) is 0 Å². The van der Waals surface area contributed by atoms with Crippen molar-refractivity contribution in [1.82, 2.24) is 4.90 Å². The van der Waals surface area contributed by atoms with E-state index in [1.54, 1.807) is 11.3 Å². The number of fused-ring (bicyclic) bond motifs is 2. The predicted octanol–water partition coefficient (Wildman–Crippen LogP) is 3.78. The Kier molecular flexibility index (Phi) is 4.41. The summed E-state index contributed by atoms with van der Waals surface area (Å²) in [5, 5.41) is 5.05. The number of anilines is 1. The first kappa shape index (κ1) is 15.0. The topological polar surface area (TPSA) is 32.3 Å². The molecule has 3 aromatic rings. The van der Waals surface area contributed by atoms with E-state index in [-0.39, 0.29) is 5.43 Å². The number of hydrogen-bond acceptors (Lipinski definition) is 4. The molecule has 0 fully saturated rings. The summed E-state index contributed by atoms with van der Waals surface area (Å²) in [6, 6.07) is 13.9. The first-order valence-corrected chi connectivity index (χ1v) is 8.31. The van der Waals surface area contributed by atoms with Crippen molar-refractivity contribution in [3.8, 4) is 0 Å². The Hall–Kier alpha value is -1.91. The van der Waals surface area contributed by atoms with E-state index < -0.39 is 0 Å². The summed E-state index contributed by atoms with van der Waals surface area (Å²) in [6.07, 6.45) is 1.05. The van der Waals surface area contributed by atoms with Gasteiger partial charge in [-0.2, -0.15) is 0 Å². The van der Waals surface area contributed by atoms with Crippen LogP contribution < -0.4 is 10.7 Å². The molecule has 4 heteroatoms. The molecule has 0 spiro atoms. The molecule has 1 aromatic heterocycles. The van der Waals surface area contributed by atoms with Crippen LogP contribution in [-0.4, -0.2) is 32.1 Å². The van der Waals surface area contributed by atoms with E-state index in [1.165, 1.54) is 0 Å². The molecular formula is C18H20N2OS. The van der Waals surface area contributed by atoms with Crippen molar-refractivity contribution in [3.05, 3.63) is 52.7 Å². The number of hydrogen-bond donors (Lipinski definition) is 1. The lowest BCUT2D eigenvalue weighted by molar-refractivity contribution is 0.405. The average molecular weight is 312 g/mol. The molecule has 2 aromatic carbocycles. The average Bonchev–Trinajstić information content (AvgIpc) is 2.51. The van der Waals surface area contributed by atoms with Crippen LogP contribution in [0.5, 0.6) is 0 Å². The molecule has 0 atom stereocenters. The zero-order valence-corrected chi connectivity index (χ0v) is 13.7. The third kappa shape index (κ3) is 2.98. The van der Waals surface area contributed by atoms with Crippen molar-refractivity contribution >= 4 is 37.2 Å². The molecule has 0 aliphatic rings. The van der Waals surface area contributed by atoms with Gasteiger partial charge in [0.2, 0.25) is 0 Å². The molecule has 0 unspecified atom stereocenters. The van der Waals surface area contributed by atoms with Gasteiger partial charge in [0.1, 0.15) is 0 Å². The molecule has 1 heterocycles. The highest BCUT2D eigenvalue weighted by atomic mass is 32.1. The van der Waals surface area contributed by atoms with Crippen LogP contribution in [0.3, 0.4) is 0 Å². The van der Waals surface area contributed by atoms with E-state index in [9.17, 15) is 4.79 Å². The van der Waals surface area contributed by atoms with Gasteiger partial charge in [-0.25, -0.2) is 0 Å². The molecule has 0 amide bonds. The Labute approximate surface area is 134 Å². The largest absolute Gasteiger partial charge is 0.384 e. The minimum absolute atomic E-state index is 0.125. The highest BCUT2D eigenvalue weighted by Gasteiger charge is 2.09. The van der Waals surface area contributed by atoms with Gasteiger partial charge in [-0.1, -0.05) is 18.2 Å². The van der Waals surface area contributed by atoms with Crippen LogP contribution in [0.1, 0.15) is 6.42 Å². The minimum atomic E-state index is 0.125. The van der Waals surface area contributed by atoms with Crippen LogP contribution >= 0.6 is 11.3 Å². The summed E-state index contributed by atoms with van der Waals surface area (Å²) >= 11 is 1.68. The Morgan fingerprint density at radius 1 is 1.05 bits per heavy atom. The van der Waals surface area contributed by atoms with Gasteiger partial charge in [0.25, 0.3) is 0 Å². The summed E-state index contributed by atoms with van der Waals surface area (Å²) in [5.41, 5.74) is 1.07. The summed E-state index contributed by atoms with van der Waals surface area (Å²) in [6.45, 7) is 1.90. The predicted molar refractivity (Wildman–Crippen MR) is 97.3 cm³/mol. The minimum Gasteiger partial charge on any atom is -0.384 e. The van der Waals surface area contributed by atoms with Gasteiger partial charge in [-0.3, -0.25) is 4.79 Å². The normalized spacial score (nSPS) is 11.4. The van der Waals surface area contributed by atoms with Gasteiger partial charge in [-0.05, 0) is 51.3 Å². The fourth-order valence-corrected chi connectivity index (χ4v) is 3.72. The maximum Gasteiger partial charge on any atom is 0.197 e. The van der Waals surface area contributed by atoms with Gasteiger partial charge in [0.05, 0.1) is 5.39 Å². The molecule has 0 aliphatic carbocycles. The van der Waals surface area contributed by atoms with Crippen molar-refractivity contribution in [2.24, 2.45) is 0 Å². The molecule has 0 saturated heterocycles. The number of benzene rings is 2. The highest BCUT2D eigenvalue weighted by Crippen LogP contribution is 2.28. The molecule has 3 rings (SSSR count). The molecule has 114 valence electrons. The Balaban J connectivity index is 2.00. The quantitative estimate of drug-likeness (QED) is 0.575. The SMILES string of the molecule is CN(C)CCCNc1cccc2sc3ccccc3c(=O)c12. The van der Waals surface area contributed by atoms with Crippen LogP contribution in [0.2, 0.25) is 0 Å². The second kappa shape index (κ2) is 6.46. The zero-order chi connectivity index (χ0) is 15.5. The molecule has 1 N–H and O–H groups in total. The standard InChI is InChI=1S/C18H20N2OS/c1-20(2)12-6-11-19-14-8-5-10-16-17(14)18(21)13-7-3-4-9-15(13)22-16/h3-5,7-10,19H,6,11-12H2,1-2H3. The maximum atomic E-state index is 12.8. The van der Waals surface area contributed by atoms with Crippen molar-refractivity contribution < 1.29 is 0 Å². The third-order valence-corrected chi connectivity index (χ3v) is 4.84. The van der Waals surface area contributed by atoms with Gasteiger partial charge in [0, 0.05) is 27.0 Å². The van der Waals surface area contributed by atoms with Crippen LogP contribution in [0.25, 0.3) is 20.2 Å². The zero-order valence-electron chi connectivity index (χ0n) is 12.9. The highest BCUT2D eigenvalue weighted by molar-refractivity contribution is 7.24. The maximum absolute atomic E-state index is 12.8. The molecule has 0 saturated carbocycles. The van der Waals surface area contributed by atoms with Gasteiger partial charge in [-0.15, -0.1) is 11.3 Å². The molecule has 0 aliphatic heterocycles. The van der Waals surface area contributed by atoms with Crippen LogP contribution in [-0.2, 0) is 0 Å². The molecule has 0 radical (unpaired) electrons. The van der Waals surface area contributed by atoms with E-state index in [4.69, 9.17) is 0 Å². The van der Waals surface area contributed by atoms with Gasteiger partial charge in [0.15, 0.2) is 5.43 Å². The van der Waals surface area contributed by atoms with Gasteiger partial charge >= 0.3 is 0 Å². The summed E-state index contributed by atoms with van der Waals surface area (Å²) < 4.78 is 2.09. The van der Waals surface area contributed by atoms with Gasteiger partial charge < -0.3 is 10.2 Å². The van der Waals surface area contributed by atoms with E-state index in [1.807, 2.05) is 42.5 Å². The van der Waals surface area contributed by atoms with Crippen LogP contribution in [0.15, 0.2) is 47.3 Å². The summed E-state index contributed by atoms with van der Waals surface area (Å²) in [5.74, 6) is 0. The summed E-state index contributed by atoms with van der Waals surface area (Å²) in [4.78, 5) is 15.0. The summed E-state index contributed by atoms with van der Waals surface area (Å²) in [7, 11) is 4.14. The van der Waals surface area contributed by atoms with Crippen LogP contribution in [0.4, 0.5) is 5.69 Å².